The van der Waals surface area contributed by atoms with Gasteiger partial charge < -0.3 is 0 Å². The van der Waals surface area contributed by atoms with E-state index in [0.717, 1.165) is 0 Å². The molecule has 0 aromatic heterocycles. The molecule has 0 rings (SSSR count). The first-order chi connectivity index (χ1) is 2.83. The molecule has 7 heavy (non-hydrogen) atoms. The molecule has 0 amide bonds. The molecule has 2 nitrogen and oxygen atoms in total. The molecular formula is C2H2N2S2Zn. The van der Waals surface area contributed by atoms with Crippen LogP contribution < -0.4 is 0 Å². The fraction of sp³-hybridized carbons (Fsp3) is 0. The summed E-state index contributed by atoms with van der Waals surface area (Å²) in [4.78, 5) is 0. The molecule has 0 N–H and O–H groups in total. The molecule has 0 aliphatic carbocycles. The number of hydrogen-bond acceptors (Lipinski definition) is 4. The molecule has 0 fully saturated rings. The van der Waals surface area contributed by atoms with Crippen LogP contribution in [0.25, 0.3) is 0 Å². The molecule has 0 saturated carbocycles. The molecule has 0 bridgehead atoms. The van der Waals surface area contributed by atoms with Crippen LogP contribution in [-0.2, 0) is 19.5 Å². The molecule has 0 saturated heterocycles. The van der Waals surface area contributed by atoms with Crippen molar-refractivity contribution in [1.29, 1.82) is 10.5 Å². The normalized spacial score (nSPS) is 2.29. The zero-order valence-electron chi connectivity index (χ0n) is 3.50. The number of nitrogens with zero attached hydrogens (tertiary/aromatic N) is 2. The standard InChI is InChI=1S/2CHNS.Zn/c2*2-1-3;/h2*3H;. The van der Waals surface area contributed by atoms with Crippen LogP contribution in [0, 0.1) is 21.3 Å². The fourth-order valence-electron chi connectivity index (χ4n) is 0. The van der Waals surface area contributed by atoms with Crippen LogP contribution in [-0.4, -0.2) is 0 Å². The Bertz CT molecular complexity index is 68.7. The van der Waals surface area contributed by atoms with Gasteiger partial charge in [0, 0.05) is 19.5 Å². The molecule has 5 heteroatoms. The van der Waals surface area contributed by atoms with Gasteiger partial charge in [-0.1, -0.05) is 25.3 Å². The first kappa shape index (κ1) is 15.7. The van der Waals surface area contributed by atoms with Gasteiger partial charge in [-0.15, -0.1) is 0 Å². The van der Waals surface area contributed by atoms with Gasteiger partial charge in [0.1, 0.15) is 10.8 Å². The Labute approximate surface area is 66.1 Å². The van der Waals surface area contributed by atoms with Gasteiger partial charge in [-0.3, -0.25) is 0 Å². The van der Waals surface area contributed by atoms with Gasteiger partial charge in [-0.2, -0.15) is 10.5 Å². The first-order valence-corrected chi connectivity index (χ1v) is 1.79. The van der Waals surface area contributed by atoms with Crippen molar-refractivity contribution in [3.63, 3.8) is 0 Å². The van der Waals surface area contributed by atoms with Gasteiger partial charge in [-0.05, 0) is 0 Å². The molecule has 0 spiro atoms. The van der Waals surface area contributed by atoms with Gasteiger partial charge in [0.15, 0.2) is 0 Å². The number of rotatable bonds is 0. The maximum absolute atomic E-state index is 7.18. The number of nitriles is 2. The largest absolute Gasteiger partial charge is 0.185 e. The zero-order valence-corrected chi connectivity index (χ0v) is 8.25. The number of hydrogen-bond donors (Lipinski definition) is 2. The summed E-state index contributed by atoms with van der Waals surface area (Å²) in [7, 11) is 0. The van der Waals surface area contributed by atoms with E-state index in [1.165, 1.54) is 10.8 Å². The second-order valence-corrected chi connectivity index (χ2v) is 0.600. The molecule has 0 unspecified atom stereocenters. The third-order valence-corrected chi connectivity index (χ3v) is 0. The van der Waals surface area contributed by atoms with E-state index in [1.807, 2.05) is 0 Å². The summed E-state index contributed by atoms with van der Waals surface area (Å²) in [6, 6.07) is 0. The Hall–Kier alpha value is 0.303. The number of thiol groups is 2. The van der Waals surface area contributed by atoms with Crippen LogP contribution in [0.2, 0.25) is 0 Å². The van der Waals surface area contributed by atoms with Crippen molar-refractivity contribution in [3.05, 3.63) is 0 Å². The van der Waals surface area contributed by atoms with Gasteiger partial charge in [0.05, 0.1) is 0 Å². The van der Waals surface area contributed by atoms with Crippen molar-refractivity contribution in [2.75, 3.05) is 0 Å². The van der Waals surface area contributed by atoms with E-state index in [0.29, 0.717) is 0 Å². The Balaban J connectivity index is -0.0000000400. The van der Waals surface area contributed by atoms with E-state index in [9.17, 15) is 0 Å². The predicted octanol–water partition coefficient (Wildman–Crippen LogP) is 0.792. The van der Waals surface area contributed by atoms with Crippen molar-refractivity contribution in [1.82, 2.24) is 0 Å². The van der Waals surface area contributed by atoms with Crippen molar-refractivity contribution >= 4 is 25.3 Å². The van der Waals surface area contributed by atoms with E-state index in [4.69, 9.17) is 10.5 Å². The molecule has 0 aromatic carbocycles. The Morgan fingerprint density at radius 3 is 1.00 bits per heavy atom. The minimum Gasteiger partial charge on any atom is -0.185 e. The van der Waals surface area contributed by atoms with E-state index in [2.05, 4.69) is 25.3 Å². The second-order valence-electron chi connectivity index (χ2n) is 0.200. The molecule has 0 aliphatic heterocycles. The maximum atomic E-state index is 7.18. The summed E-state index contributed by atoms with van der Waals surface area (Å²) in [5, 5.41) is 17.3. The van der Waals surface area contributed by atoms with Crippen LogP contribution in [0.3, 0.4) is 0 Å². The minimum absolute atomic E-state index is 0. The van der Waals surface area contributed by atoms with E-state index >= 15 is 0 Å². The second kappa shape index (κ2) is 33.4. The summed E-state index contributed by atoms with van der Waals surface area (Å²) >= 11 is 6.19. The summed E-state index contributed by atoms with van der Waals surface area (Å²) in [6.45, 7) is 0. The van der Waals surface area contributed by atoms with Gasteiger partial charge in [0.2, 0.25) is 0 Å². The van der Waals surface area contributed by atoms with E-state index in [-0.39, 0.29) is 19.5 Å². The third-order valence-electron chi connectivity index (χ3n) is 0. The Kier molecular flexibility index (Phi) is 74.8. The van der Waals surface area contributed by atoms with Gasteiger partial charge in [-0.25, -0.2) is 0 Å². The predicted molar refractivity (Wildman–Crippen MR) is 29.2 cm³/mol. The molecule has 0 atom stereocenters. The topological polar surface area (TPSA) is 47.6 Å². The van der Waals surface area contributed by atoms with Gasteiger partial charge >= 0.3 is 0 Å². The van der Waals surface area contributed by atoms with Crippen LogP contribution in [0.15, 0.2) is 0 Å². The fourth-order valence-corrected chi connectivity index (χ4v) is 0. The molecule has 0 aromatic rings. The Morgan fingerprint density at radius 2 is 1.00 bits per heavy atom. The number of thiocyanates is 2. The summed E-state index contributed by atoms with van der Waals surface area (Å²) in [5.74, 6) is 0. The average Bonchev–Trinajstić information content (AvgIpc) is 1.39. The van der Waals surface area contributed by atoms with Crippen molar-refractivity contribution in [2.24, 2.45) is 0 Å². The van der Waals surface area contributed by atoms with Gasteiger partial charge in [0.25, 0.3) is 0 Å². The Morgan fingerprint density at radius 1 is 1.00 bits per heavy atom. The van der Waals surface area contributed by atoms with Crippen LogP contribution in [0.4, 0.5) is 0 Å². The van der Waals surface area contributed by atoms with Crippen LogP contribution in [0.1, 0.15) is 0 Å². The average molecular weight is 184 g/mol. The summed E-state index contributed by atoms with van der Waals surface area (Å²) in [6.07, 6.45) is 0. The van der Waals surface area contributed by atoms with Crippen LogP contribution >= 0.6 is 25.3 Å². The summed E-state index contributed by atoms with van der Waals surface area (Å²) < 4.78 is 0. The SMILES string of the molecule is N#CS.N#CS.[Zn]. The molecule has 34 valence electrons. The monoisotopic (exact) mass is 182 g/mol. The quantitative estimate of drug-likeness (QED) is 0.332. The molecule has 0 aliphatic rings. The molecular weight excluding hydrogens is 182 g/mol. The van der Waals surface area contributed by atoms with Crippen molar-refractivity contribution in [3.8, 4) is 10.8 Å². The van der Waals surface area contributed by atoms with E-state index < -0.39 is 0 Å². The van der Waals surface area contributed by atoms with Crippen LogP contribution in [0.5, 0.6) is 0 Å². The first-order valence-electron chi connectivity index (χ1n) is 0.894. The third kappa shape index (κ3) is 1270. The van der Waals surface area contributed by atoms with Crippen molar-refractivity contribution in [2.45, 2.75) is 0 Å². The smallest absolute Gasteiger partial charge is 0.130 e. The minimum atomic E-state index is 0. The van der Waals surface area contributed by atoms with E-state index in [1.54, 1.807) is 0 Å². The van der Waals surface area contributed by atoms with Crippen molar-refractivity contribution < 1.29 is 19.5 Å². The summed E-state index contributed by atoms with van der Waals surface area (Å²) in [5.41, 5.74) is 0. The molecule has 0 radical (unpaired) electrons. The maximum Gasteiger partial charge on any atom is 0.130 e. The molecule has 0 heterocycles. The zero-order chi connectivity index (χ0) is 5.41.